The Morgan fingerprint density at radius 2 is 2.10 bits per heavy atom. The quantitative estimate of drug-likeness (QED) is 0.697. The second-order valence-electron chi connectivity index (χ2n) is 8.00. The molecule has 2 aliphatic heterocycles. The van der Waals surface area contributed by atoms with Crippen LogP contribution in [0.5, 0.6) is 5.75 Å². The number of fused-ring (bicyclic) bond motifs is 3. The zero-order valence-corrected chi connectivity index (χ0v) is 17.9. The number of piperidine rings is 1. The number of halogens is 1. The van der Waals surface area contributed by atoms with E-state index in [-0.39, 0.29) is 12.0 Å². The summed E-state index contributed by atoms with van der Waals surface area (Å²) in [7, 11) is 0. The zero-order chi connectivity index (χ0) is 20.8. The minimum Gasteiger partial charge on any atom is -0.488 e. The number of nitrogens with one attached hydrogen (secondary N) is 1. The lowest BCUT2D eigenvalue weighted by atomic mass is 10.1. The Hall–Kier alpha value is -2.64. The summed E-state index contributed by atoms with van der Waals surface area (Å²) in [6.45, 7) is 6.58. The van der Waals surface area contributed by atoms with E-state index in [2.05, 4.69) is 15.4 Å². The van der Waals surface area contributed by atoms with E-state index >= 15 is 0 Å². The van der Waals surface area contributed by atoms with Gasteiger partial charge < -0.3 is 15.0 Å². The summed E-state index contributed by atoms with van der Waals surface area (Å²) in [6, 6.07) is 7.50. The van der Waals surface area contributed by atoms with E-state index in [1.54, 1.807) is 9.42 Å². The fourth-order valence-corrected chi connectivity index (χ4v) is 4.40. The van der Waals surface area contributed by atoms with Gasteiger partial charge in [0, 0.05) is 12.1 Å². The fourth-order valence-electron chi connectivity index (χ4n) is 4.27. The summed E-state index contributed by atoms with van der Waals surface area (Å²) < 4.78 is 7.97. The number of aromatic nitrogens is 3. The number of amides is 1. The highest BCUT2D eigenvalue weighted by Crippen LogP contribution is 2.31. The van der Waals surface area contributed by atoms with Gasteiger partial charge in [-0.15, -0.1) is 0 Å². The fraction of sp³-hybridized carbons (Fsp3) is 0.409. The molecule has 1 fully saturated rings. The maximum atomic E-state index is 13.4. The molecule has 1 aromatic carbocycles. The van der Waals surface area contributed by atoms with Crippen molar-refractivity contribution in [3.63, 3.8) is 0 Å². The number of para-hydroxylation sites is 1. The van der Waals surface area contributed by atoms with Gasteiger partial charge in [0.05, 0.1) is 40.8 Å². The first-order valence-electron chi connectivity index (χ1n) is 10.3. The maximum absolute atomic E-state index is 13.4. The van der Waals surface area contributed by atoms with Crippen LogP contribution in [0.1, 0.15) is 45.8 Å². The van der Waals surface area contributed by atoms with Crippen molar-refractivity contribution in [3.8, 4) is 5.75 Å². The smallest absolute Gasteiger partial charge is 0.258 e. The molecule has 1 amide bonds. The molecule has 30 heavy (non-hydrogen) atoms. The predicted octanol–water partition coefficient (Wildman–Crippen LogP) is 3.29. The Labute approximate surface area is 180 Å². The van der Waals surface area contributed by atoms with Crippen LogP contribution >= 0.6 is 11.6 Å². The van der Waals surface area contributed by atoms with Crippen molar-refractivity contribution in [1.29, 1.82) is 0 Å². The number of hydrogen-bond acceptors (Lipinski definition) is 5. The predicted molar refractivity (Wildman–Crippen MR) is 114 cm³/mol. The van der Waals surface area contributed by atoms with Gasteiger partial charge in [0.15, 0.2) is 5.65 Å². The van der Waals surface area contributed by atoms with E-state index in [9.17, 15) is 4.79 Å². The van der Waals surface area contributed by atoms with Crippen LogP contribution in [0.3, 0.4) is 0 Å². The minimum atomic E-state index is -0.0482. The average Bonchev–Trinajstić information content (AvgIpc) is 3.32. The molecule has 0 unspecified atom stereocenters. The SMILES string of the molecule is Cc1nc2c3c(nn2c(C)c1Cl)CN(C(=O)c1ccccc1O[C@H]1CCCNC1)C3. The molecule has 4 heterocycles. The lowest BCUT2D eigenvalue weighted by Crippen LogP contribution is -2.37. The van der Waals surface area contributed by atoms with Crippen molar-refractivity contribution in [2.45, 2.75) is 45.9 Å². The van der Waals surface area contributed by atoms with Crippen molar-refractivity contribution >= 4 is 23.2 Å². The molecule has 7 nitrogen and oxygen atoms in total. The van der Waals surface area contributed by atoms with Crippen LogP contribution in [0.2, 0.25) is 5.02 Å². The lowest BCUT2D eigenvalue weighted by Gasteiger charge is -2.25. The first kappa shape index (κ1) is 19.3. The Morgan fingerprint density at radius 3 is 2.90 bits per heavy atom. The summed E-state index contributed by atoms with van der Waals surface area (Å²) in [5.74, 6) is 0.597. The molecule has 8 heteroatoms. The van der Waals surface area contributed by atoms with Crippen LogP contribution in [0, 0.1) is 13.8 Å². The molecule has 2 aliphatic rings. The molecule has 1 atom stereocenters. The van der Waals surface area contributed by atoms with E-state index in [0.29, 0.717) is 29.4 Å². The lowest BCUT2D eigenvalue weighted by molar-refractivity contribution is 0.0740. The molecule has 2 aromatic heterocycles. The molecule has 1 saturated heterocycles. The minimum absolute atomic E-state index is 0.0482. The van der Waals surface area contributed by atoms with E-state index in [0.717, 1.165) is 54.2 Å². The summed E-state index contributed by atoms with van der Waals surface area (Å²) in [4.78, 5) is 19.8. The highest BCUT2D eigenvalue weighted by Gasteiger charge is 2.31. The summed E-state index contributed by atoms with van der Waals surface area (Å²) in [6.07, 6.45) is 2.17. The van der Waals surface area contributed by atoms with Gasteiger partial charge in [-0.2, -0.15) is 5.10 Å². The number of ether oxygens (including phenoxy) is 1. The molecule has 0 spiro atoms. The summed E-state index contributed by atoms with van der Waals surface area (Å²) in [5, 5.41) is 8.65. The second-order valence-corrected chi connectivity index (χ2v) is 8.38. The highest BCUT2D eigenvalue weighted by atomic mass is 35.5. The third kappa shape index (κ3) is 3.22. The first-order valence-corrected chi connectivity index (χ1v) is 10.7. The number of rotatable bonds is 3. The molecule has 1 N–H and O–H groups in total. The molecule has 0 aliphatic carbocycles. The third-order valence-corrected chi connectivity index (χ3v) is 6.45. The van der Waals surface area contributed by atoms with Crippen LogP contribution in [-0.4, -0.2) is 44.6 Å². The zero-order valence-electron chi connectivity index (χ0n) is 17.1. The molecule has 3 aromatic rings. The summed E-state index contributed by atoms with van der Waals surface area (Å²) >= 11 is 6.33. The van der Waals surface area contributed by atoms with Crippen LogP contribution in [-0.2, 0) is 13.1 Å². The van der Waals surface area contributed by atoms with Crippen molar-refractivity contribution in [2.75, 3.05) is 13.1 Å². The normalized spacial score (nSPS) is 18.6. The number of carbonyl (C=O) groups is 1. The van der Waals surface area contributed by atoms with Crippen LogP contribution < -0.4 is 10.1 Å². The van der Waals surface area contributed by atoms with Crippen molar-refractivity contribution in [3.05, 3.63) is 57.5 Å². The van der Waals surface area contributed by atoms with Gasteiger partial charge in [0.1, 0.15) is 11.9 Å². The van der Waals surface area contributed by atoms with E-state index in [1.165, 1.54) is 0 Å². The van der Waals surface area contributed by atoms with Gasteiger partial charge in [0.25, 0.3) is 5.91 Å². The average molecular weight is 426 g/mol. The molecule has 0 radical (unpaired) electrons. The summed E-state index contributed by atoms with van der Waals surface area (Å²) in [5.41, 5.74) is 4.86. The van der Waals surface area contributed by atoms with E-state index < -0.39 is 0 Å². The standard InChI is InChI=1S/C22H24ClN5O2/c1-13-20(23)14(2)28-21(25-13)17-11-27(12-18(17)26-28)22(29)16-7-3-4-8-19(16)30-15-6-5-9-24-10-15/h3-4,7-8,15,24H,5-6,9-12H2,1-2H3/t15-/m0/s1. The number of hydrogen-bond donors (Lipinski definition) is 1. The maximum Gasteiger partial charge on any atom is 0.258 e. The molecular weight excluding hydrogens is 402 g/mol. The van der Waals surface area contributed by atoms with Crippen LogP contribution in [0.15, 0.2) is 24.3 Å². The third-order valence-electron chi connectivity index (χ3n) is 5.91. The highest BCUT2D eigenvalue weighted by molar-refractivity contribution is 6.31. The Morgan fingerprint density at radius 1 is 1.27 bits per heavy atom. The largest absolute Gasteiger partial charge is 0.488 e. The number of aryl methyl sites for hydroxylation is 2. The van der Waals surface area contributed by atoms with E-state index in [1.807, 2.05) is 38.1 Å². The van der Waals surface area contributed by atoms with Gasteiger partial charge in [-0.25, -0.2) is 9.50 Å². The monoisotopic (exact) mass is 425 g/mol. The van der Waals surface area contributed by atoms with Crippen LogP contribution in [0.25, 0.3) is 5.65 Å². The molecule has 0 saturated carbocycles. The van der Waals surface area contributed by atoms with Gasteiger partial charge in [-0.3, -0.25) is 4.79 Å². The molecule has 0 bridgehead atoms. The van der Waals surface area contributed by atoms with Gasteiger partial charge in [0.2, 0.25) is 0 Å². The molecular formula is C22H24ClN5O2. The van der Waals surface area contributed by atoms with Crippen LogP contribution in [0.4, 0.5) is 0 Å². The van der Waals surface area contributed by atoms with Gasteiger partial charge in [-0.1, -0.05) is 23.7 Å². The Balaban J connectivity index is 1.41. The topological polar surface area (TPSA) is 71.8 Å². The number of carbonyl (C=O) groups excluding carboxylic acids is 1. The van der Waals surface area contributed by atoms with Gasteiger partial charge in [-0.05, 0) is 45.4 Å². The van der Waals surface area contributed by atoms with Crippen molar-refractivity contribution in [2.24, 2.45) is 0 Å². The molecule has 156 valence electrons. The van der Waals surface area contributed by atoms with Crippen molar-refractivity contribution in [1.82, 2.24) is 24.8 Å². The number of benzene rings is 1. The Bertz CT molecular complexity index is 1140. The second kappa shape index (κ2) is 7.56. The molecule has 5 rings (SSSR count). The van der Waals surface area contributed by atoms with Crippen molar-refractivity contribution < 1.29 is 9.53 Å². The Kier molecular flexibility index (Phi) is 4.87. The van der Waals surface area contributed by atoms with Gasteiger partial charge >= 0.3 is 0 Å². The first-order chi connectivity index (χ1) is 14.5. The van der Waals surface area contributed by atoms with E-state index in [4.69, 9.17) is 16.3 Å². The number of nitrogens with zero attached hydrogens (tertiary/aromatic N) is 4.